The summed E-state index contributed by atoms with van der Waals surface area (Å²) in [5, 5.41) is 9.33. The molecule has 3 N–H and O–H groups in total. The first-order chi connectivity index (χ1) is 7.67. The van der Waals surface area contributed by atoms with Crippen LogP contribution in [-0.4, -0.2) is 21.2 Å². The van der Waals surface area contributed by atoms with E-state index in [1.165, 1.54) is 0 Å². The zero-order valence-electron chi connectivity index (χ0n) is 8.80. The van der Waals surface area contributed by atoms with Crippen molar-refractivity contribution in [1.29, 1.82) is 0 Å². The minimum absolute atomic E-state index is 0.293. The van der Waals surface area contributed by atoms with Gasteiger partial charge in [-0.05, 0) is 25.0 Å². The summed E-state index contributed by atoms with van der Waals surface area (Å²) in [5.41, 5.74) is 8.15. The van der Waals surface area contributed by atoms with Crippen molar-refractivity contribution >= 4 is 11.0 Å². The van der Waals surface area contributed by atoms with Gasteiger partial charge in [0.2, 0.25) is 0 Å². The first kappa shape index (κ1) is 9.69. The molecule has 0 amide bonds. The van der Waals surface area contributed by atoms with Gasteiger partial charge in [-0.3, -0.25) is 4.98 Å². The number of aliphatic hydroxyl groups excluding tert-OH is 1. The van der Waals surface area contributed by atoms with Gasteiger partial charge in [0.1, 0.15) is 0 Å². The molecule has 4 heteroatoms. The number of fused-ring (bicyclic) bond motifs is 1. The van der Waals surface area contributed by atoms with Gasteiger partial charge >= 0.3 is 0 Å². The lowest BCUT2D eigenvalue weighted by molar-refractivity contribution is 0.0188. The van der Waals surface area contributed by atoms with Gasteiger partial charge in [-0.15, -0.1) is 0 Å². The summed E-state index contributed by atoms with van der Waals surface area (Å²) in [4.78, 5) is 8.84. The monoisotopic (exact) mass is 215 g/mol. The lowest BCUT2D eigenvalue weighted by Crippen LogP contribution is -2.52. The fourth-order valence-electron chi connectivity index (χ4n) is 2.19. The fourth-order valence-corrected chi connectivity index (χ4v) is 2.19. The standard InChI is InChI=1S/C12H13N3O/c13-12(5-8(16)6-12)11-7-14-9-3-1-2-4-10(9)15-11/h1-4,7-8,16H,5-6,13H2. The molecule has 0 radical (unpaired) electrons. The molecule has 16 heavy (non-hydrogen) atoms. The van der Waals surface area contributed by atoms with Gasteiger partial charge in [-0.1, -0.05) is 12.1 Å². The molecular weight excluding hydrogens is 202 g/mol. The Labute approximate surface area is 93.1 Å². The summed E-state index contributed by atoms with van der Waals surface area (Å²) >= 11 is 0. The fraction of sp³-hybridized carbons (Fsp3) is 0.333. The van der Waals surface area contributed by atoms with Crippen LogP contribution in [0.2, 0.25) is 0 Å². The molecule has 0 bridgehead atoms. The van der Waals surface area contributed by atoms with E-state index in [1.54, 1.807) is 6.20 Å². The first-order valence-electron chi connectivity index (χ1n) is 5.37. The molecule has 0 aliphatic heterocycles. The van der Waals surface area contributed by atoms with Crippen LogP contribution in [0.1, 0.15) is 18.5 Å². The Hall–Kier alpha value is -1.52. The average molecular weight is 215 g/mol. The molecule has 0 saturated heterocycles. The van der Waals surface area contributed by atoms with Crippen LogP contribution < -0.4 is 5.73 Å². The van der Waals surface area contributed by atoms with Crippen LogP contribution in [0.4, 0.5) is 0 Å². The largest absolute Gasteiger partial charge is 0.393 e. The highest BCUT2D eigenvalue weighted by Gasteiger charge is 2.42. The minimum atomic E-state index is -0.490. The Morgan fingerprint density at radius 1 is 1.25 bits per heavy atom. The third-order valence-electron chi connectivity index (χ3n) is 3.16. The van der Waals surface area contributed by atoms with Crippen LogP contribution in [0.15, 0.2) is 30.5 Å². The molecule has 0 spiro atoms. The molecule has 1 aliphatic rings. The van der Waals surface area contributed by atoms with Gasteiger partial charge in [0.05, 0.1) is 34.6 Å². The van der Waals surface area contributed by atoms with Gasteiger partial charge in [0, 0.05) is 0 Å². The van der Waals surface area contributed by atoms with Gasteiger partial charge in [0.25, 0.3) is 0 Å². The summed E-state index contributed by atoms with van der Waals surface area (Å²) in [5.74, 6) is 0. The van der Waals surface area contributed by atoms with Crippen molar-refractivity contribution in [3.8, 4) is 0 Å². The summed E-state index contributed by atoms with van der Waals surface area (Å²) < 4.78 is 0. The zero-order valence-corrected chi connectivity index (χ0v) is 8.80. The van der Waals surface area contributed by atoms with E-state index in [9.17, 15) is 5.11 Å². The second kappa shape index (κ2) is 3.23. The van der Waals surface area contributed by atoms with Gasteiger partial charge in [0.15, 0.2) is 0 Å². The Kier molecular flexibility index (Phi) is 1.96. The molecule has 0 unspecified atom stereocenters. The van der Waals surface area contributed by atoms with E-state index in [2.05, 4.69) is 9.97 Å². The average Bonchev–Trinajstić information content (AvgIpc) is 2.26. The van der Waals surface area contributed by atoms with E-state index in [-0.39, 0.29) is 6.10 Å². The molecule has 3 rings (SSSR count). The van der Waals surface area contributed by atoms with Gasteiger partial charge in [-0.2, -0.15) is 0 Å². The molecule has 82 valence electrons. The Morgan fingerprint density at radius 2 is 1.94 bits per heavy atom. The lowest BCUT2D eigenvalue weighted by atomic mass is 9.73. The van der Waals surface area contributed by atoms with Crippen LogP contribution in [0.25, 0.3) is 11.0 Å². The normalized spacial score (nSPS) is 29.0. The molecule has 2 aromatic rings. The minimum Gasteiger partial charge on any atom is -0.393 e. The summed E-state index contributed by atoms with van der Waals surface area (Å²) in [7, 11) is 0. The van der Waals surface area contributed by atoms with Crippen LogP contribution in [0.3, 0.4) is 0 Å². The Morgan fingerprint density at radius 3 is 2.62 bits per heavy atom. The highest BCUT2D eigenvalue weighted by Crippen LogP contribution is 2.38. The molecule has 1 saturated carbocycles. The molecule has 4 nitrogen and oxygen atoms in total. The molecule has 1 aromatic heterocycles. The van der Waals surface area contributed by atoms with Crippen LogP contribution >= 0.6 is 0 Å². The number of nitrogens with two attached hydrogens (primary N) is 1. The number of hydrogen-bond acceptors (Lipinski definition) is 4. The van der Waals surface area contributed by atoms with E-state index in [0.717, 1.165) is 16.7 Å². The summed E-state index contributed by atoms with van der Waals surface area (Å²) in [6.07, 6.45) is 2.56. The highest BCUT2D eigenvalue weighted by atomic mass is 16.3. The zero-order chi connectivity index (χ0) is 11.2. The van der Waals surface area contributed by atoms with E-state index in [0.29, 0.717) is 12.8 Å². The SMILES string of the molecule is NC1(c2cnc3ccccc3n2)CC(O)C1. The number of para-hydroxylation sites is 2. The number of aromatic nitrogens is 2. The topological polar surface area (TPSA) is 72.0 Å². The number of aliphatic hydroxyl groups is 1. The van der Waals surface area contributed by atoms with Crippen LogP contribution in [0, 0.1) is 0 Å². The quantitative estimate of drug-likeness (QED) is 0.742. The highest BCUT2D eigenvalue weighted by molar-refractivity contribution is 5.73. The predicted octanol–water partition coefficient (Wildman–Crippen LogP) is 0.939. The Balaban J connectivity index is 2.06. The van der Waals surface area contributed by atoms with Crippen molar-refractivity contribution < 1.29 is 5.11 Å². The van der Waals surface area contributed by atoms with Crippen molar-refractivity contribution in [2.45, 2.75) is 24.5 Å². The second-order valence-electron chi connectivity index (χ2n) is 4.46. The second-order valence-corrected chi connectivity index (χ2v) is 4.46. The van der Waals surface area contributed by atoms with Crippen molar-refractivity contribution in [1.82, 2.24) is 9.97 Å². The number of nitrogens with zero attached hydrogens (tertiary/aromatic N) is 2. The van der Waals surface area contributed by atoms with Crippen molar-refractivity contribution in [3.63, 3.8) is 0 Å². The third kappa shape index (κ3) is 1.38. The van der Waals surface area contributed by atoms with E-state index < -0.39 is 5.54 Å². The van der Waals surface area contributed by atoms with Crippen LogP contribution in [0.5, 0.6) is 0 Å². The van der Waals surface area contributed by atoms with E-state index >= 15 is 0 Å². The number of hydrogen-bond donors (Lipinski definition) is 2. The smallest absolute Gasteiger partial charge is 0.0890 e. The molecule has 1 aromatic carbocycles. The molecule has 1 fully saturated rings. The first-order valence-corrected chi connectivity index (χ1v) is 5.37. The van der Waals surface area contributed by atoms with Crippen LogP contribution in [-0.2, 0) is 5.54 Å². The number of benzene rings is 1. The van der Waals surface area contributed by atoms with Gasteiger partial charge in [-0.25, -0.2) is 4.98 Å². The molecular formula is C12H13N3O. The molecule has 0 atom stereocenters. The van der Waals surface area contributed by atoms with Crippen molar-refractivity contribution in [3.05, 3.63) is 36.2 Å². The number of rotatable bonds is 1. The maximum Gasteiger partial charge on any atom is 0.0890 e. The Bertz CT molecular complexity index is 535. The summed E-state index contributed by atoms with van der Waals surface area (Å²) in [6.45, 7) is 0. The van der Waals surface area contributed by atoms with Crippen molar-refractivity contribution in [2.75, 3.05) is 0 Å². The van der Waals surface area contributed by atoms with E-state index in [1.807, 2.05) is 24.3 Å². The molecule has 1 aliphatic carbocycles. The maximum atomic E-state index is 9.33. The van der Waals surface area contributed by atoms with Crippen molar-refractivity contribution in [2.24, 2.45) is 5.73 Å². The third-order valence-corrected chi connectivity index (χ3v) is 3.16. The molecule has 1 heterocycles. The van der Waals surface area contributed by atoms with E-state index in [4.69, 9.17) is 5.73 Å². The predicted molar refractivity (Wildman–Crippen MR) is 60.6 cm³/mol. The lowest BCUT2D eigenvalue weighted by Gasteiger charge is -2.41. The maximum absolute atomic E-state index is 9.33. The van der Waals surface area contributed by atoms with Gasteiger partial charge < -0.3 is 10.8 Å². The summed E-state index contributed by atoms with van der Waals surface area (Å²) in [6, 6.07) is 7.71.